The van der Waals surface area contributed by atoms with Gasteiger partial charge in [-0.2, -0.15) is 5.10 Å². The van der Waals surface area contributed by atoms with Crippen molar-refractivity contribution in [1.29, 1.82) is 0 Å². The summed E-state index contributed by atoms with van der Waals surface area (Å²) >= 11 is 0. The highest BCUT2D eigenvalue weighted by atomic mass is 19.1. The van der Waals surface area contributed by atoms with Gasteiger partial charge in [0, 0.05) is 23.0 Å². The Hall–Kier alpha value is -4.26. The summed E-state index contributed by atoms with van der Waals surface area (Å²) in [4.78, 5) is 25.3. The normalized spacial score (nSPS) is 11.1. The largest absolute Gasteiger partial charge is 0.376 e. The van der Waals surface area contributed by atoms with Crippen LogP contribution in [0.25, 0.3) is 5.52 Å². The van der Waals surface area contributed by atoms with Gasteiger partial charge < -0.3 is 9.72 Å². The second kappa shape index (κ2) is 9.48. The number of aromatic nitrogens is 1. The lowest BCUT2D eigenvalue weighted by Crippen LogP contribution is -2.25. The number of hydrazone groups is 1. The lowest BCUT2D eigenvalue weighted by molar-refractivity contribution is -0.119. The molecular formula is C26H23FN4O2. The molecule has 2 N–H and O–H groups in total. The SMILES string of the molecule is Cc1ccc(NCC(=O)N/N=C\c2c(C)c(C(=O)c3ccc(F)cc3)n3ccccc23)cc1. The fraction of sp³-hybridized carbons (Fsp3) is 0.115. The number of halogens is 1. The van der Waals surface area contributed by atoms with Crippen molar-refractivity contribution in [3.8, 4) is 0 Å². The molecule has 4 aromatic rings. The van der Waals surface area contributed by atoms with E-state index in [9.17, 15) is 14.0 Å². The Labute approximate surface area is 190 Å². The number of rotatable bonds is 7. The molecule has 0 fully saturated rings. The molecule has 4 rings (SSSR count). The average molecular weight is 442 g/mol. The van der Waals surface area contributed by atoms with Gasteiger partial charge in [-0.1, -0.05) is 23.8 Å². The highest BCUT2D eigenvalue weighted by Crippen LogP contribution is 2.24. The molecule has 0 saturated carbocycles. The number of ketones is 1. The zero-order chi connectivity index (χ0) is 23.4. The lowest BCUT2D eigenvalue weighted by atomic mass is 10.0. The molecular weight excluding hydrogens is 419 g/mol. The minimum Gasteiger partial charge on any atom is -0.376 e. The van der Waals surface area contributed by atoms with Gasteiger partial charge in [0.2, 0.25) is 5.78 Å². The molecule has 0 aliphatic heterocycles. The summed E-state index contributed by atoms with van der Waals surface area (Å²) in [6, 6.07) is 18.8. The standard InChI is InChI=1S/C26H23FN4O2/c1-17-6-12-21(13-7-17)28-16-24(32)30-29-15-22-18(2)25(31-14-4-3-5-23(22)31)26(33)19-8-10-20(27)11-9-19/h3-15,28H,16H2,1-2H3,(H,30,32)/b29-15-. The Morgan fingerprint density at radius 1 is 1.00 bits per heavy atom. The maximum absolute atomic E-state index is 13.3. The lowest BCUT2D eigenvalue weighted by Gasteiger charge is -2.05. The fourth-order valence-corrected chi connectivity index (χ4v) is 3.60. The summed E-state index contributed by atoms with van der Waals surface area (Å²) in [7, 11) is 0. The van der Waals surface area contributed by atoms with Crippen molar-refractivity contribution < 1.29 is 14.0 Å². The minimum atomic E-state index is -0.399. The van der Waals surface area contributed by atoms with Gasteiger partial charge in [0.15, 0.2) is 0 Å². The number of pyridine rings is 1. The summed E-state index contributed by atoms with van der Waals surface area (Å²) in [5.74, 6) is -0.918. The molecule has 6 nitrogen and oxygen atoms in total. The van der Waals surface area contributed by atoms with E-state index in [1.54, 1.807) is 10.6 Å². The molecule has 0 spiro atoms. The number of nitrogens with one attached hydrogen (secondary N) is 2. The number of benzene rings is 2. The number of nitrogens with zero attached hydrogens (tertiary/aromatic N) is 2. The summed E-state index contributed by atoms with van der Waals surface area (Å²) in [6.45, 7) is 3.90. The molecule has 0 aliphatic carbocycles. The molecule has 7 heteroatoms. The second-order valence-corrected chi connectivity index (χ2v) is 7.69. The number of anilines is 1. The predicted octanol–water partition coefficient (Wildman–Crippen LogP) is 4.49. The molecule has 0 atom stereocenters. The van der Waals surface area contributed by atoms with Gasteiger partial charge in [0.25, 0.3) is 5.91 Å². The number of amides is 1. The van der Waals surface area contributed by atoms with Crippen LogP contribution in [0.2, 0.25) is 0 Å². The topological polar surface area (TPSA) is 75.0 Å². The van der Waals surface area contributed by atoms with Crippen molar-refractivity contribution in [2.75, 3.05) is 11.9 Å². The monoisotopic (exact) mass is 442 g/mol. The van der Waals surface area contributed by atoms with Crippen LogP contribution >= 0.6 is 0 Å². The van der Waals surface area contributed by atoms with Gasteiger partial charge in [-0.15, -0.1) is 0 Å². The second-order valence-electron chi connectivity index (χ2n) is 7.69. The van der Waals surface area contributed by atoms with Gasteiger partial charge in [-0.05, 0) is 67.9 Å². The van der Waals surface area contributed by atoms with Crippen LogP contribution in [0.5, 0.6) is 0 Å². The van der Waals surface area contributed by atoms with Crippen molar-refractivity contribution in [3.63, 3.8) is 0 Å². The molecule has 0 saturated heterocycles. The van der Waals surface area contributed by atoms with Gasteiger partial charge in [-0.3, -0.25) is 9.59 Å². The maximum atomic E-state index is 13.3. The molecule has 33 heavy (non-hydrogen) atoms. The van der Waals surface area contributed by atoms with E-state index in [0.717, 1.165) is 16.8 Å². The molecule has 2 aromatic heterocycles. The Morgan fingerprint density at radius 3 is 2.45 bits per heavy atom. The van der Waals surface area contributed by atoms with E-state index in [1.807, 2.05) is 56.3 Å². The molecule has 166 valence electrons. The van der Waals surface area contributed by atoms with E-state index < -0.39 is 5.82 Å². The highest BCUT2D eigenvalue weighted by Gasteiger charge is 2.20. The van der Waals surface area contributed by atoms with Crippen molar-refractivity contribution in [1.82, 2.24) is 9.83 Å². The predicted molar refractivity (Wildman–Crippen MR) is 127 cm³/mol. The van der Waals surface area contributed by atoms with E-state index in [-0.39, 0.29) is 18.2 Å². The molecule has 0 bridgehead atoms. The summed E-state index contributed by atoms with van der Waals surface area (Å²) in [5, 5.41) is 7.14. The van der Waals surface area contributed by atoms with Crippen molar-refractivity contribution in [2.45, 2.75) is 13.8 Å². The van der Waals surface area contributed by atoms with E-state index in [2.05, 4.69) is 15.8 Å². The summed E-state index contributed by atoms with van der Waals surface area (Å²) in [5.41, 5.74) is 7.56. The first-order valence-corrected chi connectivity index (χ1v) is 10.5. The van der Waals surface area contributed by atoms with Crippen LogP contribution in [0.1, 0.15) is 32.7 Å². The molecule has 0 radical (unpaired) electrons. The molecule has 2 aromatic carbocycles. The maximum Gasteiger partial charge on any atom is 0.259 e. The number of hydrogen-bond donors (Lipinski definition) is 2. The van der Waals surface area contributed by atoms with Gasteiger partial charge >= 0.3 is 0 Å². The Morgan fingerprint density at radius 2 is 1.73 bits per heavy atom. The first-order chi connectivity index (χ1) is 15.9. The molecule has 1 amide bonds. The van der Waals surface area contributed by atoms with E-state index >= 15 is 0 Å². The van der Waals surface area contributed by atoms with E-state index in [4.69, 9.17) is 0 Å². The van der Waals surface area contributed by atoms with Crippen LogP contribution in [0, 0.1) is 19.7 Å². The van der Waals surface area contributed by atoms with E-state index in [0.29, 0.717) is 22.4 Å². The zero-order valence-corrected chi connectivity index (χ0v) is 18.3. The minimum absolute atomic E-state index is 0.0736. The first kappa shape index (κ1) is 22.0. The van der Waals surface area contributed by atoms with E-state index in [1.165, 1.54) is 30.5 Å². The van der Waals surface area contributed by atoms with Crippen LogP contribution < -0.4 is 10.7 Å². The Bertz CT molecular complexity index is 1340. The number of aryl methyl sites for hydroxylation is 1. The zero-order valence-electron chi connectivity index (χ0n) is 18.3. The number of carbonyl (C=O) groups excluding carboxylic acids is 2. The van der Waals surface area contributed by atoms with Gasteiger partial charge in [-0.25, -0.2) is 9.82 Å². The third-order valence-corrected chi connectivity index (χ3v) is 5.34. The van der Waals surface area contributed by atoms with Crippen molar-refractivity contribution in [3.05, 3.63) is 107 Å². The van der Waals surface area contributed by atoms with Crippen LogP contribution in [-0.2, 0) is 4.79 Å². The van der Waals surface area contributed by atoms with Crippen molar-refractivity contribution >= 4 is 29.1 Å². The number of carbonyl (C=O) groups is 2. The van der Waals surface area contributed by atoms with Gasteiger partial charge in [0.1, 0.15) is 5.82 Å². The van der Waals surface area contributed by atoms with Gasteiger partial charge in [0.05, 0.1) is 24.0 Å². The quantitative estimate of drug-likeness (QED) is 0.252. The van der Waals surface area contributed by atoms with Crippen LogP contribution in [0.15, 0.2) is 78.0 Å². The Kier molecular flexibility index (Phi) is 6.31. The smallest absolute Gasteiger partial charge is 0.259 e. The summed E-state index contributed by atoms with van der Waals surface area (Å²) < 4.78 is 15.1. The van der Waals surface area contributed by atoms with Crippen LogP contribution in [0.3, 0.4) is 0 Å². The first-order valence-electron chi connectivity index (χ1n) is 10.5. The highest BCUT2D eigenvalue weighted by molar-refractivity contribution is 6.12. The summed E-state index contributed by atoms with van der Waals surface area (Å²) in [6.07, 6.45) is 3.33. The van der Waals surface area contributed by atoms with Crippen LogP contribution in [-0.4, -0.2) is 28.9 Å². The van der Waals surface area contributed by atoms with Crippen molar-refractivity contribution in [2.24, 2.45) is 5.10 Å². The average Bonchev–Trinajstić information content (AvgIpc) is 3.10. The Balaban J connectivity index is 1.53. The third kappa shape index (κ3) is 4.82. The molecule has 2 heterocycles. The molecule has 0 unspecified atom stereocenters. The van der Waals surface area contributed by atoms with Crippen LogP contribution in [0.4, 0.5) is 10.1 Å². The third-order valence-electron chi connectivity index (χ3n) is 5.34. The fourth-order valence-electron chi connectivity index (χ4n) is 3.60. The number of fused-ring (bicyclic) bond motifs is 1. The number of hydrogen-bond acceptors (Lipinski definition) is 4. The molecule has 0 aliphatic rings.